The number of aliphatic carboxylic acids is 1. The molecule has 3 N–H and O–H groups in total. The van der Waals surface area contributed by atoms with E-state index in [0.717, 1.165) is 12.8 Å². The zero-order chi connectivity index (χ0) is 14.8. The first-order valence-corrected chi connectivity index (χ1v) is 6.78. The summed E-state index contributed by atoms with van der Waals surface area (Å²) in [6, 6.07) is 3.30. The second-order valence-corrected chi connectivity index (χ2v) is 5.11. The van der Waals surface area contributed by atoms with Gasteiger partial charge in [0.1, 0.15) is 11.2 Å². The van der Waals surface area contributed by atoms with Crippen molar-refractivity contribution < 1.29 is 14.7 Å². The Morgan fingerprint density at radius 2 is 2.30 bits per heavy atom. The summed E-state index contributed by atoms with van der Waals surface area (Å²) < 4.78 is 0. The van der Waals surface area contributed by atoms with Crippen LogP contribution in [0.5, 0.6) is 0 Å². The van der Waals surface area contributed by atoms with E-state index in [1.807, 2.05) is 11.8 Å². The van der Waals surface area contributed by atoms with E-state index in [9.17, 15) is 14.7 Å². The number of hydrogen-bond acceptors (Lipinski definition) is 4. The van der Waals surface area contributed by atoms with Gasteiger partial charge in [-0.1, -0.05) is 13.3 Å². The number of pyridine rings is 1. The zero-order valence-electron chi connectivity index (χ0n) is 11.5. The van der Waals surface area contributed by atoms with E-state index in [0.29, 0.717) is 25.1 Å². The van der Waals surface area contributed by atoms with E-state index in [1.54, 1.807) is 12.1 Å². The van der Waals surface area contributed by atoms with Gasteiger partial charge in [0, 0.05) is 18.4 Å². The average molecular weight is 277 g/mol. The molecule has 6 nitrogen and oxygen atoms in total. The van der Waals surface area contributed by atoms with Gasteiger partial charge in [-0.05, 0) is 31.4 Å². The lowest BCUT2D eigenvalue weighted by Crippen LogP contribution is -2.50. The molecule has 6 heteroatoms. The van der Waals surface area contributed by atoms with Crippen molar-refractivity contribution in [2.75, 3.05) is 11.4 Å². The van der Waals surface area contributed by atoms with E-state index < -0.39 is 17.4 Å². The maximum Gasteiger partial charge on any atom is 0.329 e. The quantitative estimate of drug-likeness (QED) is 0.848. The van der Waals surface area contributed by atoms with Gasteiger partial charge in [-0.15, -0.1) is 0 Å². The van der Waals surface area contributed by atoms with Gasteiger partial charge in [0.05, 0.1) is 0 Å². The van der Waals surface area contributed by atoms with Crippen molar-refractivity contribution in [3.8, 4) is 0 Å². The average Bonchev–Trinajstić information content (AvgIpc) is 2.84. The van der Waals surface area contributed by atoms with E-state index >= 15 is 0 Å². The molecule has 1 unspecified atom stereocenters. The predicted octanol–water partition coefficient (Wildman–Crippen LogP) is 1.40. The summed E-state index contributed by atoms with van der Waals surface area (Å²) in [6.07, 6.45) is 4.30. The van der Waals surface area contributed by atoms with Crippen LogP contribution >= 0.6 is 0 Å². The third kappa shape index (κ3) is 2.33. The first kappa shape index (κ1) is 14.3. The summed E-state index contributed by atoms with van der Waals surface area (Å²) in [5.41, 5.74) is 5.20. The Morgan fingerprint density at radius 1 is 1.55 bits per heavy atom. The number of carbonyl (C=O) groups is 2. The molecule has 20 heavy (non-hydrogen) atoms. The largest absolute Gasteiger partial charge is 0.479 e. The van der Waals surface area contributed by atoms with Crippen molar-refractivity contribution >= 4 is 17.6 Å². The van der Waals surface area contributed by atoms with Crippen molar-refractivity contribution in [2.45, 2.75) is 38.1 Å². The molecular weight excluding hydrogens is 258 g/mol. The molecule has 1 aliphatic heterocycles. The van der Waals surface area contributed by atoms with Gasteiger partial charge < -0.3 is 15.7 Å². The Labute approximate surface area is 117 Å². The smallest absolute Gasteiger partial charge is 0.329 e. The van der Waals surface area contributed by atoms with Crippen LogP contribution in [0, 0.1) is 0 Å². The number of primary amides is 1. The summed E-state index contributed by atoms with van der Waals surface area (Å²) in [4.78, 5) is 28.7. The van der Waals surface area contributed by atoms with Crippen LogP contribution in [0.3, 0.4) is 0 Å². The molecule has 1 amide bonds. The van der Waals surface area contributed by atoms with Gasteiger partial charge >= 0.3 is 5.97 Å². The lowest BCUT2D eigenvalue weighted by molar-refractivity contribution is -0.143. The first-order chi connectivity index (χ1) is 9.51. The lowest BCUT2D eigenvalue weighted by atomic mass is 9.90. The fourth-order valence-electron chi connectivity index (χ4n) is 2.98. The van der Waals surface area contributed by atoms with Crippen LogP contribution in [0.15, 0.2) is 18.3 Å². The molecule has 0 aromatic carbocycles. The molecule has 2 heterocycles. The Morgan fingerprint density at radius 3 is 2.90 bits per heavy atom. The fraction of sp³-hybridized carbons (Fsp3) is 0.500. The summed E-state index contributed by atoms with van der Waals surface area (Å²) in [5, 5.41) is 9.66. The summed E-state index contributed by atoms with van der Waals surface area (Å²) in [7, 11) is 0. The van der Waals surface area contributed by atoms with E-state index in [-0.39, 0.29) is 5.69 Å². The molecule has 1 fully saturated rings. The maximum atomic E-state index is 11.8. The molecule has 0 bridgehead atoms. The number of hydrogen-bond donors (Lipinski definition) is 2. The highest BCUT2D eigenvalue weighted by Gasteiger charge is 2.47. The van der Waals surface area contributed by atoms with Crippen LogP contribution in [0.1, 0.15) is 43.1 Å². The third-order valence-electron chi connectivity index (χ3n) is 3.86. The summed E-state index contributed by atoms with van der Waals surface area (Å²) >= 11 is 0. The van der Waals surface area contributed by atoms with Gasteiger partial charge in [-0.3, -0.25) is 9.78 Å². The number of nitrogens with zero attached hydrogens (tertiary/aromatic N) is 2. The molecular formula is C14H19N3O3. The molecule has 1 aromatic rings. The molecule has 1 saturated heterocycles. The highest BCUT2D eigenvalue weighted by molar-refractivity contribution is 5.92. The first-order valence-electron chi connectivity index (χ1n) is 6.78. The van der Waals surface area contributed by atoms with Crippen LogP contribution in [-0.4, -0.2) is 34.1 Å². The molecule has 1 aromatic heterocycles. The normalized spacial score (nSPS) is 21.9. The predicted molar refractivity (Wildman–Crippen MR) is 74.6 cm³/mol. The zero-order valence-corrected chi connectivity index (χ0v) is 11.5. The molecule has 0 aliphatic carbocycles. The van der Waals surface area contributed by atoms with Gasteiger partial charge in [0.2, 0.25) is 0 Å². The van der Waals surface area contributed by atoms with Gasteiger partial charge in [-0.2, -0.15) is 0 Å². The van der Waals surface area contributed by atoms with Crippen LogP contribution in [0.2, 0.25) is 0 Å². The second-order valence-electron chi connectivity index (χ2n) is 5.11. The fourth-order valence-corrected chi connectivity index (χ4v) is 2.98. The molecule has 1 atom stereocenters. The number of amides is 1. The topological polar surface area (TPSA) is 96.5 Å². The Balaban J connectivity index is 2.41. The van der Waals surface area contributed by atoms with Crippen molar-refractivity contribution in [3.63, 3.8) is 0 Å². The number of aromatic nitrogens is 1. The van der Waals surface area contributed by atoms with Gasteiger partial charge in [0.25, 0.3) is 5.91 Å². The maximum absolute atomic E-state index is 11.8. The number of carbonyl (C=O) groups excluding carboxylic acids is 1. The van der Waals surface area contributed by atoms with Crippen LogP contribution in [0.4, 0.5) is 5.69 Å². The lowest BCUT2D eigenvalue weighted by Gasteiger charge is -2.36. The number of nitrogens with two attached hydrogens (primary N) is 1. The molecule has 0 spiro atoms. The van der Waals surface area contributed by atoms with Gasteiger partial charge in [0.15, 0.2) is 0 Å². The number of carboxylic acids is 1. The monoisotopic (exact) mass is 277 g/mol. The van der Waals surface area contributed by atoms with Crippen molar-refractivity contribution in [1.29, 1.82) is 0 Å². The van der Waals surface area contributed by atoms with Crippen LogP contribution < -0.4 is 10.6 Å². The highest BCUT2D eigenvalue weighted by atomic mass is 16.4. The number of anilines is 1. The number of rotatable bonds is 5. The molecule has 0 saturated carbocycles. The van der Waals surface area contributed by atoms with E-state index in [1.165, 1.54) is 6.20 Å². The van der Waals surface area contributed by atoms with Crippen molar-refractivity contribution in [2.24, 2.45) is 5.73 Å². The molecule has 108 valence electrons. The van der Waals surface area contributed by atoms with Crippen LogP contribution in [-0.2, 0) is 4.79 Å². The highest BCUT2D eigenvalue weighted by Crippen LogP contribution is 2.37. The second kappa shape index (κ2) is 5.48. The van der Waals surface area contributed by atoms with Crippen molar-refractivity contribution in [1.82, 2.24) is 4.98 Å². The molecule has 1 aliphatic rings. The van der Waals surface area contributed by atoms with Crippen molar-refractivity contribution in [3.05, 3.63) is 24.0 Å². The van der Waals surface area contributed by atoms with E-state index in [2.05, 4.69) is 4.98 Å². The summed E-state index contributed by atoms with van der Waals surface area (Å²) in [6.45, 7) is 2.64. The standard InChI is InChI=1S/C14H19N3O3/c1-2-5-14(13(19)20)6-3-8-17(14)10-4-7-16-11(9-10)12(15)18/h4,7,9H,2-3,5-6,8H2,1H3,(H2,15,18)(H,19,20). The Kier molecular flexibility index (Phi) is 3.92. The van der Waals surface area contributed by atoms with Crippen LogP contribution in [0.25, 0.3) is 0 Å². The minimum atomic E-state index is -0.884. The SMILES string of the molecule is CCCC1(C(=O)O)CCCN1c1ccnc(C(N)=O)c1. The molecule has 2 rings (SSSR count). The Bertz CT molecular complexity index is 532. The minimum absolute atomic E-state index is 0.158. The van der Waals surface area contributed by atoms with E-state index in [4.69, 9.17) is 5.73 Å². The molecule has 0 radical (unpaired) electrons. The summed E-state index contributed by atoms with van der Waals surface area (Å²) in [5.74, 6) is -1.42. The third-order valence-corrected chi connectivity index (χ3v) is 3.86. The minimum Gasteiger partial charge on any atom is -0.479 e. The number of carboxylic acid groups (broad SMARTS) is 1. The Hall–Kier alpha value is -2.11. The van der Waals surface area contributed by atoms with Gasteiger partial charge in [-0.25, -0.2) is 4.79 Å².